The Bertz CT molecular complexity index is 1610. The molecule has 2 aromatic carbocycles. The van der Waals surface area contributed by atoms with Crippen molar-refractivity contribution in [3.63, 3.8) is 0 Å². The first-order chi connectivity index (χ1) is 19.4. The molecule has 1 N–H and O–H groups in total. The van der Waals surface area contributed by atoms with Gasteiger partial charge in [0.2, 0.25) is 5.82 Å². The maximum absolute atomic E-state index is 13.8. The van der Waals surface area contributed by atoms with Crippen molar-refractivity contribution in [1.29, 1.82) is 0 Å². The molecule has 5 aromatic rings. The second kappa shape index (κ2) is 11.8. The highest BCUT2D eigenvalue weighted by molar-refractivity contribution is 5.79. The van der Waals surface area contributed by atoms with E-state index in [0.29, 0.717) is 12.4 Å². The van der Waals surface area contributed by atoms with Crippen molar-refractivity contribution in [2.45, 2.75) is 71.8 Å². The predicted octanol–water partition coefficient (Wildman–Crippen LogP) is 6.35. The molecule has 0 fully saturated rings. The van der Waals surface area contributed by atoms with E-state index in [1.165, 1.54) is 18.4 Å². The van der Waals surface area contributed by atoms with Gasteiger partial charge >= 0.3 is 5.69 Å². The Morgan fingerprint density at radius 3 is 2.52 bits per heavy atom. The number of hydrogen-bond acceptors (Lipinski definition) is 5. The lowest BCUT2D eigenvalue weighted by molar-refractivity contribution is 0.457. The average molecular weight is 536 g/mol. The van der Waals surface area contributed by atoms with Crippen LogP contribution in [-0.2, 0) is 18.4 Å². The third kappa shape index (κ3) is 5.66. The predicted molar refractivity (Wildman–Crippen MR) is 159 cm³/mol. The van der Waals surface area contributed by atoms with E-state index in [9.17, 15) is 4.79 Å². The summed E-state index contributed by atoms with van der Waals surface area (Å²) >= 11 is 0. The van der Waals surface area contributed by atoms with Crippen molar-refractivity contribution < 1.29 is 0 Å². The van der Waals surface area contributed by atoms with Crippen LogP contribution in [0.4, 0.5) is 0 Å². The molecule has 3 aromatic heterocycles. The maximum atomic E-state index is 13.8. The van der Waals surface area contributed by atoms with Gasteiger partial charge in [-0.15, -0.1) is 10.2 Å². The molecule has 0 saturated carbocycles. The smallest absolute Gasteiger partial charge is 0.292 e. The van der Waals surface area contributed by atoms with Crippen molar-refractivity contribution in [1.82, 2.24) is 34.7 Å². The highest BCUT2D eigenvalue weighted by Crippen LogP contribution is 2.31. The summed E-state index contributed by atoms with van der Waals surface area (Å²) in [5.74, 6) is 0.524. The van der Waals surface area contributed by atoms with Gasteiger partial charge in [-0.2, -0.15) is 5.21 Å². The Hall–Kier alpha value is -4.33. The SMILES string of the molecule is CCCCC(C)(C)c1cccc(-n2cc(CCC)n(Cc3ccc(-c4cnccc4-c4nn[nH]n4)cc3)c2=O)c1. The van der Waals surface area contributed by atoms with E-state index in [4.69, 9.17) is 0 Å². The van der Waals surface area contributed by atoms with Crippen molar-refractivity contribution in [2.75, 3.05) is 0 Å². The number of aromatic nitrogens is 7. The number of pyridine rings is 1. The van der Waals surface area contributed by atoms with Gasteiger partial charge in [0.15, 0.2) is 0 Å². The Balaban J connectivity index is 1.44. The van der Waals surface area contributed by atoms with Gasteiger partial charge in [-0.05, 0) is 58.4 Å². The summed E-state index contributed by atoms with van der Waals surface area (Å²) in [5, 5.41) is 14.5. The van der Waals surface area contributed by atoms with Crippen molar-refractivity contribution in [3.05, 3.63) is 100 Å². The van der Waals surface area contributed by atoms with Gasteiger partial charge in [-0.1, -0.05) is 83.4 Å². The molecule has 0 unspecified atom stereocenters. The number of imidazole rings is 1. The molecule has 8 nitrogen and oxygen atoms in total. The highest BCUT2D eigenvalue weighted by Gasteiger charge is 2.21. The molecule has 0 spiro atoms. The van der Waals surface area contributed by atoms with E-state index in [2.05, 4.69) is 95.8 Å². The first kappa shape index (κ1) is 27.2. The van der Waals surface area contributed by atoms with Crippen molar-refractivity contribution in [2.24, 2.45) is 0 Å². The monoisotopic (exact) mass is 535 g/mol. The summed E-state index contributed by atoms with van der Waals surface area (Å²) in [6.07, 6.45) is 10.8. The van der Waals surface area contributed by atoms with Crippen LogP contribution in [0.15, 0.2) is 78.0 Å². The van der Waals surface area contributed by atoms with E-state index in [1.807, 2.05) is 33.7 Å². The molecule has 8 heteroatoms. The number of unbranched alkanes of at least 4 members (excludes halogenated alkanes) is 1. The highest BCUT2D eigenvalue weighted by atomic mass is 16.1. The minimum Gasteiger partial charge on any atom is -0.292 e. The van der Waals surface area contributed by atoms with Crippen LogP contribution >= 0.6 is 0 Å². The Labute approximate surface area is 235 Å². The lowest BCUT2D eigenvalue weighted by Gasteiger charge is -2.25. The normalized spacial score (nSPS) is 11.7. The molecule has 0 atom stereocenters. The van der Waals surface area contributed by atoms with Gasteiger partial charge in [0, 0.05) is 35.4 Å². The molecule has 0 aliphatic rings. The van der Waals surface area contributed by atoms with Crippen LogP contribution in [0.1, 0.15) is 70.2 Å². The Kier molecular flexibility index (Phi) is 8.05. The molecule has 40 heavy (non-hydrogen) atoms. The molecular weight excluding hydrogens is 498 g/mol. The van der Waals surface area contributed by atoms with Gasteiger partial charge in [-0.3, -0.25) is 14.1 Å². The zero-order chi connectivity index (χ0) is 28.1. The van der Waals surface area contributed by atoms with E-state index in [-0.39, 0.29) is 11.1 Å². The standard InChI is InChI=1S/C32H37N7O/c1-5-7-17-32(3,4)25-10-8-11-26(19-25)39-22-27(9-6-2)38(31(39)40)21-23-12-14-24(15-13-23)29-20-33-18-16-28(29)30-34-36-37-35-30/h8,10-16,18-20,22H,5-7,9,17,21H2,1-4H3,(H,34,35,36,37). The first-order valence-corrected chi connectivity index (χ1v) is 14.1. The second-order valence-electron chi connectivity index (χ2n) is 11.0. The fourth-order valence-electron chi connectivity index (χ4n) is 5.24. The molecule has 0 aliphatic carbocycles. The summed E-state index contributed by atoms with van der Waals surface area (Å²) in [6.45, 7) is 9.46. The Morgan fingerprint density at radius 1 is 0.975 bits per heavy atom. The largest absolute Gasteiger partial charge is 0.333 e. The number of tetrazole rings is 1. The van der Waals surface area contributed by atoms with Crippen LogP contribution < -0.4 is 5.69 Å². The van der Waals surface area contributed by atoms with E-state index in [1.54, 1.807) is 6.20 Å². The Morgan fingerprint density at radius 2 is 1.80 bits per heavy atom. The number of rotatable bonds is 11. The molecule has 0 bridgehead atoms. The zero-order valence-electron chi connectivity index (χ0n) is 23.8. The van der Waals surface area contributed by atoms with Crippen LogP contribution in [0, 0.1) is 0 Å². The number of aromatic amines is 1. The maximum Gasteiger partial charge on any atom is 0.333 e. The summed E-state index contributed by atoms with van der Waals surface area (Å²) in [4.78, 5) is 18.1. The van der Waals surface area contributed by atoms with Crippen LogP contribution in [0.3, 0.4) is 0 Å². The molecule has 3 heterocycles. The number of hydrogen-bond donors (Lipinski definition) is 1. The topological polar surface area (TPSA) is 94.3 Å². The molecule has 0 radical (unpaired) electrons. The van der Waals surface area contributed by atoms with Gasteiger partial charge in [0.05, 0.1) is 12.2 Å². The minimum atomic E-state index is -0.0114. The van der Waals surface area contributed by atoms with Crippen LogP contribution in [-0.4, -0.2) is 34.7 Å². The lowest BCUT2D eigenvalue weighted by atomic mass is 9.80. The second-order valence-corrected chi connectivity index (χ2v) is 11.0. The number of nitrogens with one attached hydrogen (secondary N) is 1. The number of benzene rings is 2. The lowest BCUT2D eigenvalue weighted by Crippen LogP contribution is -2.25. The molecule has 5 rings (SSSR count). The average Bonchev–Trinajstić information content (AvgIpc) is 3.62. The first-order valence-electron chi connectivity index (χ1n) is 14.1. The third-order valence-electron chi connectivity index (χ3n) is 7.64. The molecule has 0 aliphatic heterocycles. The fourth-order valence-corrected chi connectivity index (χ4v) is 5.24. The van der Waals surface area contributed by atoms with Crippen LogP contribution in [0.5, 0.6) is 0 Å². The fraction of sp³-hybridized carbons (Fsp3) is 0.344. The summed E-state index contributed by atoms with van der Waals surface area (Å²) < 4.78 is 3.72. The van der Waals surface area contributed by atoms with Crippen molar-refractivity contribution >= 4 is 0 Å². The van der Waals surface area contributed by atoms with Gasteiger partial charge < -0.3 is 0 Å². The number of H-pyrrole nitrogens is 1. The molecular formula is C32H37N7O. The molecule has 0 saturated heterocycles. The summed E-state index contributed by atoms with van der Waals surface area (Å²) in [7, 11) is 0. The summed E-state index contributed by atoms with van der Waals surface area (Å²) in [5.41, 5.74) is 7.11. The van der Waals surface area contributed by atoms with E-state index < -0.39 is 0 Å². The van der Waals surface area contributed by atoms with Gasteiger partial charge in [0.25, 0.3) is 0 Å². The molecule has 206 valence electrons. The number of aryl methyl sites for hydroxylation is 1. The third-order valence-corrected chi connectivity index (χ3v) is 7.64. The minimum absolute atomic E-state index is 0.0114. The van der Waals surface area contributed by atoms with Crippen molar-refractivity contribution in [3.8, 4) is 28.2 Å². The van der Waals surface area contributed by atoms with E-state index in [0.717, 1.165) is 52.9 Å². The van der Waals surface area contributed by atoms with Crippen LogP contribution in [0.2, 0.25) is 0 Å². The van der Waals surface area contributed by atoms with Gasteiger partial charge in [-0.25, -0.2) is 4.79 Å². The van der Waals surface area contributed by atoms with E-state index >= 15 is 0 Å². The number of nitrogens with zero attached hydrogens (tertiary/aromatic N) is 6. The van der Waals surface area contributed by atoms with Crippen LogP contribution in [0.25, 0.3) is 28.2 Å². The summed E-state index contributed by atoms with van der Waals surface area (Å²) in [6, 6.07) is 18.6. The quantitative estimate of drug-likeness (QED) is 0.213. The van der Waals surface area contributed by atoms with Gasteiger partial charge in [0.1, 0.15) is 0 Å². The zero-order valence-corrected chi connectivity index (χ0v) is 23.8. The molecule has 0 amide bonds.